The lowest BCUT2D eigenvalue weighted by molar-refractivity contribution is -0.123. The van der Waals surface area contributed by atoms with Crippen molar-refractivity contribution in [2.45, 2.75) is 26.9 Å². The molecule has 3 rings (SSSR count). The van der Waals surface area contributed by atoms with E-state index in [4.69, 9.17) is 9.47 Å². The standard InChI is InChI=1S/C23H22N2O4/c1-15-8-6-9-16(2)21(15)25-22(26)17(3)28-23(27)19-11-4-5-12-20(19)29-18-10-7-13-24-14-18/h4-14,17H,1-3H3,(H,25,26). The first kappa shape index (κ1) is 20.1. The van der Waals surface area contributed by atoms with E-state index in [1.807, 2.05) is 32.0 Å². The Hall–Kier alpha value is -3.67. The Balaban J connectivity index is 1.71. The van der Waals surface area contributed by atoms with Crippen LogP contribution in [0.5, 0.6) is 11.5 Å². The highest BCUT2D eigenvalue weighted by Gasteiger charge is 2.22. The van der Waals surface area contributed by atoms with Gasteiger partial charge in [0.2, 0.25) is 0 Å². The van der Waals surface area contributed by atoms with Crippen molar-refractivity contribution < 1.29 is 19.1 Å². The lowest BCUT2D eigenvalue weighted by Crippen LogP contribution is -2.30. The van der Waals surface area contributed by atoms with Crippen molar-refractivity contribution in [1.29, 1.82) is 0 Å². The molecule has 1 heterocycles. The summed E-state index contributed by atoms with van der Waals surface area (Å²) in [5.74, 6) is -0.225. The number of hydrogen-bond acceptors (Lipinski definition) is 5. The topological polar surface area (TPSA) is 77.5 Å². The van der Waals surface area contributed by atoms with Gasteiger partial charge in [-0.05, 0) is 56.2 Å². The third kappa shape index (κ3) is 4.99. The quantitative estimate of drug-likeness (QED) is 0.619. The maximum atomic E-state index is 12.7. The Morgan fingerprint density at radius 2 is 1.69 bits per heavy atom. The van der Waals surface area contributed by atoms with Crippen molar-refractivity contribution in [3.05, 3.63) is 83.7 Å². The summed E-state index contributed by atoms with van der Waals surface area (Å²) in [6.07, 6.45) is 2.19. The van der Waals surface area contributed by atoms with E-state index in [0.29, 0.717) is 11.5 Å². The van der Waals surface area contributed by atoms with Crippen LogP contribution in [0.4, 0.5) is 5.69 Å². The summed E-state index contributed by atoms with van der Waals surface area (Å²) < 4.78 is 11.1. The van der Waals surface area contributed by atoms with Crippen LogP contribution in [0.1, 0.15) is 28.4 Å². The molecule has 1 aromatic heterocycles. The Morgan fingerprint density at radius 1 is 0.966 bits per heavy atom. The second-order valence-electron chi connectivity index (χ2n) is 6.59. The molecule has 0 saturated heterocycles. The smallest absolute Gasteiger partial charge is 0.342 e. The molecule has 6 heteroatoms. The number of nitrogens with zero attached hydrogens (tertiary/aromatic N) is 1. The van der Waals surface area contributed by atoms with Gasteiger partial charge in [-0.2, -0.15) is 0 Å². The van der Waals surface area contributed by atoms with Gasteiger partial charge < -0.3 is 14.8 Å². The SMILES string of the molecule is Cc1cccc(C)c1NC(=O)C(C)OC(=O)c1ccccc1Oc1cccnc1. The van der Waals surface area contributed by atoms with E-state index in [9.17, 15) is 9.59 Å². The average Bonchev–Trinajstić information content (AvgIpc) is 2.71. The van der Waals surface area contributed by atoms with Gasteiger partial charge in [0.05, 0.1) is 6.20 Å². The lowest BCUT2D eigenvalue weighted by atomic mass is 10.1. The van der Waals surface area contributed by atoms with Crippen LogP contribution in [0, 0.1) is 13.8 Å². The van der Waals surface area contributed by atoms with E-state index >= 15 is 0 Å². The highest BCUT2D eigenvalue weighted by atomic mass is 16.5. The van der Waals surface area contributed by atoms with Gasteiger partial charge in [0.1, 0.15) is 17.1 Å². The minimum Gasteiger partial charge on any atom is -0.455 e. The Morgan fingerprint density at radius 3 is 2.38 bits per heavy atom. The number of para-hydroxylation sites is 2. The normalized spacial score (nSPS) is 11.4. The molecule has 1 atom stereocenters. The number of benzene rings is 2. The number of anilines is 1. The number of carbonyl (C=O) groups excluding carboxylic acids is 2. The molecular weight excluding hydrogens is 368 g/mol. The predicted molar refractivity (Wildman–Crippen MR) is 110 cm³/mol. The zero-order chi connectivity index (χ0) is 20.8. The van der Waals surface area contributed by atoms with E-state index in [1.165, 1.54) is 6.92 Å². The predicted octanol–water partition coefficient (Wildman–Crippen LogP) is 4.67. The summed E-state index contributed by atoms with van der Waals surface area (Å²) >= 11 is 0. The first-order chi connectivity index (χ1) is 14.0. The molecule has 0 aliphatic carbocycles. The molecule has 0 saturated carbocycles. The molecule has 0 aliphatic heterocycles. The molecule has 0 fully saturated rings. The van der Waals surface area contributed by atoms with Crippen LogP contribution in [0.25, 0.3) is 0 Å². The van der Waals surface area contributed by atoms with Crippen LogP contribution in [-0.4, -0.2) is 23.0 Å². The molecule has 1 N–H and O–H groups in total. The van der Waals surface area contributed by atoms with Gasteiger partial charge in [0.15, 0.2) is 6.10 Å². The Labute approximate surface area is 169 Å². The van der Waals surface area contributed by atoms with Crippen LogP contribution in [0.3, 0.4) is 0 Å². The zero-order valence-corrected chi connectivity index (χ0v) is 16.5. The number of carbonyl (C=O) groups is 2. The number of esters is 1. The van der Waals surface area contributed by atoms with Crippen molar-refractivity contribution in [2.75, 3.05) is 5.32 Å². The third-order valence-corrected chi connectivity index (χ3v) is 4.35. The van der Waals surface area contributed by atoms with Crippen LogP contribution in [0.15, 0.2) is 67.0 Å². The summed E-state index contributed by atoms with van der Waals surface area (Å²) in [4.78, 5) is 29.2. The van der Waals surface area contributed by atoms with Crippen LogP contribution in [-0.2, 0) is 9.53 Å². The second-order valence-corrected chi connectivity index (χ2v) is 6.59. The first-order valence-electron chi connectivity index (χ1n) is 9.20. The van der Waals surface area contributed by atoms with E-state index < -0.39 is 18.0 Å². The van der Waals surface area contributed by atoms with Gasteiger partial charge in [-0.15, -0.1) is 0 Å². The second kappa shape index (κ2) is 9.01. The number of hydrogen-bond donors (Lipinski definition) is 1. The molecule has 0 bridgehead atoms. The minimum absolute atomic E-state index is 0.225. The Bertz CT molecular complexity index is 998. The molecule has 1 amide bonds. The lowest BCUT2D eigenvalue weighted by Gasteiger charge is -2.17. The fourth-order valence-corrected chi connectivity index (χ4v) is 2.77. The number of ether oxygens (including phenoxy) is 2. The van der Waals surface area contributed by atoms with Gasteiger partial charge in [0.25, 0.3) is 5.91 Å². The van der Waals surface area contributed by atoms with E-state index in [0.717, 1.165) is 16.8 Å². The van der Waals surface area contributed by atoms with Gasteiger partial charge in [-0.3, -0.25) is 9.78 Å². The fraction of sp³-hybridized carbons (Fsp3) is 0.174. The number of pyridine rings is 1. The van der Waals surface area contributed by atoms with E-state index in [1.54, 1.807) is 48.8 Å². The molecule has 6 nitrogen and oxygen atoms in total. The Kier molecular flexibility index (Phi) is 6.24. The van der Waals surface area contributed by atoms with Gasteiger partial charge in [-0.1, -0.05) is 30.3 Å². The zero-order valence-electron chi connectivity index (χ0n) is 16.5. The molecular formula is C23H22N2O4. The molecule has 0 aliphatic rings. The molecule has 2 aromatic carbocycles. The maximum absolute atomic E-state index is 12.7. The van der Waals surface area contributed by atoms with E-state index in [2.05, 4.69) is 10.3 Å². The van der Waals surface area contributed by atoms with Crippen molar-refractivity contribution >= 4 is 17.6 Å². The molecule has 0 radical (unpaired) electrons. The number of aromatic nitrogens is 1. The largest absolute Gasteiger partial charge is 0.455 e. The summed E-state index contributed by atoms with van der Waals surface area (Å²) in [6.45, 7) is 5.35. The highest BCUT2D eigenvalue weighted by Crippen LogP contribution is 2.26. The van der Waals surface area contributed by atoms with Gasteiger partial charge in [-0.25, -0.2) is 4.79 Å². The van der Waals surface area contributed by atoms with Gasteiger partial charge >= 0.3 is 5.97 Å². The molecule has 0 spiro atoms. The molecule has 148 valence electrons. The number of amides is 1. The van der Waals surface area contributed by atoms with Crippen LogP contribution in [0.2, 0.25) is 0 Å². The van der Waals surface area contributed by atoms with Crippen molar-refractivity contribution in [3.8, 4) is 11.5 Å². The van der Waals surface area contributed by atoms with Crippen molar-refractivity contribution in [2.24, 2.45) is 0 Å². The van der Waals surface area contributed by atoms with E-state index in [-0.39, 0.29) is 5.56 Å². The maximum Gasteiger partial charge on any atom is 0.342 e. The first-order valence-corrected chi connectivity index (χ1v) is 9.20. The van der Waals surface area contributed by atoms with Crippen molar-refractivity contribution in [3.63, 3.8) is 0 Å². The average molecular weight is 390 g/mol. The van der Waals surface area contributed by atoms with Gasteiger partial charge in [0, 0.05) is 11.9 Å². The number of aryl methyl sites for hydroxylation is 2. The summed E-state index contributed by atoms with van der Waals surface area (Å²) in [5.41, 5.74) is 2.82. The number of nitrogens with one attached hydrogen (secondary N) is 1. The molecule has 29 heavy (non-hydrogen) atoms. The fourth-order valence-electron chi connectivity index (χ4n) is 2.77. The van der Waals surface area contributed by atoms with Crippen molar-refractivity contribution in [1.82, 2.24) is 4.98 Å². The molecule has 3 aromatic rings. The number of rotatable bonds is 6. The highest BCUT2D eigenvalue weighted by molar-refractivity contribution is 5.99. The molecule has 1 unspecified atom stereocenters. The third-order valence-electron chi connectivity index (χ3n) is 4.35. The van der Waals surface area contributed by atoms with Crippen LogP contribution >= 0.6 is 0 Å². The summed E-state index contributed by atoms with van der Waals surface area (Å²) in [7, 11) is 0. The monoisotopic (exact) mass is 390 g/mol. The summed E-state index contributed by atoms with van der Waals surface area (Å²) in [6, 6.07) is 15.9. The van der Waals surface area contributed by atoms with Crippen LogP contribution < -0.4 is 10.1 Å². The minimum atomic E-state index is -0.979. The summed E-state index contributed by atoms with van der Waals surface area (Å²) in [5, 5.41) is 2.83.